The van der Waals surface area contributed by atoms with E-state index in [-0.39, 0.29) is 12.4 Å². The van der Waals surface area contributed by atoms with E-state index < -0.39 is 0 Å². The Kier molecular flexibility index (Phi) is 2.93. The minimum Gasteiger partial charge on any atom is -0.468 e. The third-order valence-corrected chi connectivity index (χ3v) is 2.25. The lowest BCUT2D eigenvalue weighted by atomic mass is 10.1. The Hall–Kier alpha value is -2.21. The van der Waals surface area contributed by atoms with Crippen molar-refractivity contribution in [2.24, 2.45) is 0 Å². The number of methoxy groups -OCH3 is 1. The Bertz CT molecular complexity index is 572. The van der Waals surface area contributed by atoms with Gasteiger partial charge in [-0.1, -0.05) is 17.9 Å². The number of benzene rings is 1. The summed E-state index contributed by atoms with van der Waals surface area (Å²) < 4.78 is 4.50. The third kappa shape index (κ3) is 2.23. The molecule has 0 aliphatic heterocycles. The lowest BCUT2D eigenvalue weighted by molar-refractivity contribution is -0.139. The fourth-order valence-electron chi connectivity index (χ4n) is 1.42. The second-order valence-electron chi connectivity index (χ2n) is 3.33. The van der Waals surface area contributed by atoms with Gasteiger partial charge in [-0.05, 0) is 23.6 Å². The van der Waals surface area contributed by atoms with Gasteiger partial charge >= 0.3 is 5.97 Å². The lowest BCUT2D eigenvalue weighted by Crippen LogP contribution is -1.96. The second-order valence-corrected chi connectivity index (χ2v) is 3.33. The van der Waals surface area contributed by atoms with Crippen molar-refractivity contribution in [3.63, 3.8) is 0 Å². The highest BCUT2D eigenvalue weighted by Crippen LogP contribution is 2.13. The number of aromatic amines is 1. The smallest absolute Gasteiger partial charge is 0.317 e. The molecule has 16 heavy (non-hydrogen) atoms. The molecule has 80 valence electrons. The third-order valence-electron chi connectivity index (χ3n) is 2.25. The molecule has 0 saturated carbocycles. The molecule has 2 aromatic rings. The van der Waals surface area contributed by atoms with E-state index >= 15 is 0 Å². The molecule has 2 rings (SSSR count). The Morgan fingerprint density at radius 2 is 2.31 bits per heavy atom. The Labute approximate surface area is 93.4 Å². The van der Waals surface area contributed by atoms with Crippen LogP contribution in [0, 0.1) is 11.8 Å². The highest BCUT2D eigenvalue weighted by atomic mass is 16.5. The topological polar surface area (TPSA) is 42.1 Å². The van der Waals surface area contributed by atoms with Crippen molar-refractivity contribution in [3.05, 3.63) is 36.0 Å². The molecular weight excluding hydrogens is 202 g/mol. The van der Waals surface area contributed by atoms with Crippen LogP contribution in [0.4, 0.5) is 0 Å². The predicted octanol–water partition coefficient (Wildman–Crippen LogP) is 2.08. The maximum Gasteiger partial charge on any atom is 0.317 e. The van der Waals surface area contributed by atoms with Crippen LogP contribution in [0.15, 0.2) is 30.5 Å². The van der Waals surface area contributed by atoms with Gasteiger partial charge in [0, 0.05) is 17.3 Å². The normalized spacial score (nSPS) is 9.56. The summed E-state index contributed by atoms with van der Waals surface area (Å²) in [4.78, 5) is 14.0. The van der Waals surface area contributed by atoms with Gasteiger partial charge in [0.25, 0.3) is 0 Å². The van der Waals surface area contributed by atoms with Crippen LogP contribution in [0.2, 0.25) is 0 Å². The summed E-state index contributed by atoms with van der Waals surface area (Å²) in [5, 5.41) is 1.15. The molecule has 0 unspecified atom stereocenters. The molecule has 0 spiro atoms. The van der Waals surface area contributed by atoms with Gasteiger partial charge in [-0.15, -0.1) is 0 Å². The van der Waals surface area contributed by atoms with Gasteiger partial charge in [-0.25, -0.2) is 0 Å². The van der Waals surface area contributed by atoms with Crippen LogP contribution in [-0.4, -0.2) is 18.1 Å². The number of aromatic nitrogens is 1. The van der Waals surface area contributed by atoms with E-state index in [0.717, 1.165) is 16.5 Å². The van der Waals surface area contributed by atoms with Crippen molar-refractivity contribution >= 4 is 16.9 Å². The molecule has 3 heteroatoms. The van der Waals surface area contributed by atoms with Crippen molar-refractivity contribution in [2.45, 2.75) is 6.42 Å². The predicted molar refractivity (Wildman–Crippen MR) is 61.8 cm³/mol. The van der Waals surface area contributed by atoms with Crippen molar-refractivity contribution in [1.82, 2.24) is 4.98 Å². The highest BCUT2D eigenvalue weighted by Gasteiger charge is 1.95. The van der Waals surface area contributed by atoms with Crippen LogP contribution in [-0.2, 0) is 9.53 Å². The monoisotopic (exact) mass is 213 g/mol. The molecule has 0 amide bonds. The molecule has 0 saturated heterocycles. The van der Waals surface area contributed by atoms with Crippen LogP contribution in [0.1, 0.15) is 12.0 Å². The van der Waals surface area contributed by atoms with Gasteiger partial charge in [0.1, 0.15) is 6.42 Å². The van der Waals surface area contributed by atoms with Crippen molar-refractivity contribution in [2.75, 3.05) is 7.11 Å². The lowest BCUT2D eigenvalue weighted by Gasteiger charge is -1.92. The first-order chi connectivity index (χ1) is 7.79. The standard InChI is InChI=1S/C13H11NO2/c1-16-13(15)4-2-3-10-5-6-11-7-8-14-12(11)9-10/h5-9,14H,4H2,1H3. The molecule has 0 radical (unpaired) electrons. The largest absolute Gasteiger partial charge is 0.468 e. The molecule has 0 atom stereocenters. The Morgan fingerprint density at radius 3 is 3.12 bits per heavy atom. The van der Waals surface area contributed by atoms with Gasteiger partial charge < -0.3 is 9.72 Å². The minimum atomic E-state index is -0.312. The van der Waals surface area contributed by atoms with Crippen LogP contribution < -0.4 is 0 Å². The second kappa shape index (κ2) is 4.54. The van der Waals surface area contributed by atoms with E-state index in [0.29, 0.717) is 0 Å². The summed E-state index contributed by atoms with van der Waals surface area (Å²) in [6, 6.07) is 7.88. The zero-order valence-electron chi connectivity index (χ0n) is 8.91. The van der Waals surface area contributed by atoms with E-state index in [4.69, 9.17) is 0 Å². The molecule has 0 aliphatic rings. The first-order valence-electron chi connectivity index (χ1n) is 4.92. The van der Waals surface area contributed by atoms with E-state index in [1.54, 1.807) is 0 Å². The fraction of sp³-hybridized carbons (Fsp3) is 0.154. The van der Waals surface area contributed by atoms with E-state index in [2.05, 4.69) is 21.6 Å². The number of hydrogen-bond donors (Lipinski definition) is 1. The van der Waals surface area contributed by atoms with Crippen LogP contribution in [0.5, 0.6) is 0 Å². The number of esters is 1. The van der Waals surface area contributed by atoms with Crippen LogP contribution >= 0.6 is 0 Å². The minimum absolute atomic E-state index is 0.124. The average molecular weight is 213 g/mol. The fourth-order valence-corrected chi connectivity index (χ4v) is 1.42. The highest BCUT2D eigenvalue weighted by molar-refractivity contribution is 5.80. The zero-order chi connectivity index (χ0) is 11.4. The molecule has 3 nitrogen and oxygen atoms in total. The summed E-state index contributed by atoms with van der Waals surface area (Å²) in [6.45, 7) is 0. The van der Waals surface area contributed by atoms with Gasteiger partial charge in [0.2, 0.25) is 0 Å². The maximum atomic E-state index is 10.8. The zero-order valence-corrected chi connectivity index (χ0v) is 8.91. The van der Waals surface area contributed by atoms with Crippen LogP contribution in [0.3, 0.4) is 0 Å². The number of carbonyl (C=O) groups excluding carboxylic acids is 1. The molecule has 1 aromatic heterocycles. The van der Waals surface area contributed by atoms with Gasteiger partial charge in [-0.3, -0.25) is 4.79 Å². The maximum absolute atomic E-state index is 10.8. The number of hydrogen-bond acceptors (Lipinski definition) is 2. The molecule has 0 aliphatic carbocycles. The van der Waals surface area contributed by atoms with Crippen molar-refractivity contribution in [3.8, 4) is 11.8 Å². The van der Waals surface area contributed by atoms with E-state index in [1.165, 1.54) is 7.11 Å². The number of rotatable bonds is 1. The summed E-state index contributed by atoms with van der Waals surface area (Å²) in [5.41, 5.74) is 1.93. The first-order valence-corrected chi connectivity index (χ1v) is 4.92. The summed E-state index contributed by atoms with van der Waals surface area (Å²) in [6.07, 6.45) is 2.01. The molecule has 1 aromatic carbocycles. The van der Waals surface area contributed by atoms with E-state index in [1.807, 2.05) is 30.5 Å². The number of carbonyl (C=O) groups is 1. The molecule has 0 bridgehead atoms. The molecule has 1 N–H and O–H groups in total. The number of fused-ring (bicyclic) bond motifs is 1. The SMILES string of the molecule is COC(=O)CC#Cc1ccc2cc[nH]c2c1. The average Bonchev–Trinajstić information content (AvgIpc) is 2.76. The molecular formula is C13H11NO2. The quantitative estimate of drug-likeness (QED) is 0.582. The number of H-pyrrole nitrogens is 1. The van der Waals surface area contributed by atoms with Gasteiger partial charge in [-0.2, -0.15) is 0 Å². The van der Waals surface area contributed by atoms with Gasteiger partial charge in [0.05, 0.1) is 7.11 Å². The summed E-state index contributed by atoms with van der Waals surface area (Å²) in [5.74, 6) is 5.38. The summed E-state index contributed by atoms with van der Waals surface area (Å²) in [7, 11) is 1.36. The van der Waals surface area contributed by atoms with E-state index in [9.17, 15) is 4.79 Å². The summed E-state index contributed by atoms with van der Waals surface area (Å²) >= 11 is 0. The van der Waals surface area contributed by atoms with Gasteiger partial charge in [0.15, 0.2) is 0 Å². The van der Waals surface area contributed by atoms with Crippen molar-refractivity contribution in [1.29, 1.82) is 0 Å². The Morgan fingerprint density at radius 1 is 1.44 bits per heavy atom. The number of nitrogens with one attached hydrogen (secondary N) is 1. The number of ether oxygens (including phenoxy) is 1. The van der Waals surface area contributed by atoms with Crippen molar-refractivity contribution < 1.29 is 9.53 Å². The molecule has 0 fully saturated rings. The van der Waals surface area contributed by atoms with Crippen LogP contribution in [0.25, 0.3) is 10.9 Å². The first kappa shape index (κ1) is 10.3. The Balaban J connectivity index is 2.17. The molecule has 1 heterocycles.